The molecule has 1 amide bonds. The van der Waals surface area contributed by atoms with Gasteiger partial charge in [-0.1, -0.05) is 5.16 Å². The van der Waals surface area contributed by atoms with Crippen LogP contribution >= 0.6 is 0 Å². The van der Waals surface area contributed by atoms with Gasteiger partial charge in [-0.3, -0.25) is 9.48 Å². The van der Waals surface area contributed by atoms with Crippen molar-refractivity contribution < 1.29 is 14.4 Å². The summed E-state index contributed by atoms with van der Waals surface area (Å²) >= 11 is 0. The average Bonchev–Trinajstić information content (AvgIpc) is 3.26. The Morgan fingerprint density at radius 2 is 2.17 bits per heavy atom. The monoisotopic (exact) mass is 330 g/mol. The predicted molar refractivity (Wildman–Crippen MR) is 85.0 cm³/mol. The van der Waals surface area contributed by atoms with Crippen LogP contribution in [0.15, 0.2) is 29.0 Å². The molecule has 3 heterocycles. The predicted octanol–water partition coefficient (Wildman–Crippen LogP) is 1.19. The Labute approximate surface area is 140 Å². The summed E-state index contributed by atoms with van der Waals surface area (Å²) in [6, 6.07) is 3.69. The minimum absolute atomic E-state index is 0.00762. The topological polar surface area (TPSA) is 84.4 Å². The Morgan fingerprint density at radius 3 is 2.83 bits per heavy atom. The summed E-state index contributed by atoms with van der Waals surface area (Å²) in [7, 11) is 0. The van der Waals surface area contributed by atoms with Gasteiger partial charge in [0.1, 0.15) is 5.76 Å². The summed E-state index contributed by atoms with van der Waals surface area (Å²) in [6.07, 6.45) is 5.07. The van der Waals surface area contributed by atoms with Gasteiger partial charge >= 0.3 is 0 Å². The molecular formula is C17H22N4O3. The third-order valence-corrected chi connectivity index (χ3v) is 5.33. The van der Waals surface area contributed by atoms with Gasteiger partial charge in [0.05, 0.1) is 24.3 Å². The van der Waals surface area contributed by atoms with Crippen LogP contribution in [-0.4, -0.2) is 50.0 Å². The molecule has 7 nitrogen and oxygen atoms in total. The number of hydrogen-bond acceptors (Lipinski definition) is 5. The van der Waals surface area contributed by atoms with Crippen molar-refractivity contribution in [3.63, 3.8) is 0 Å². The van der Waals surface area contributed by atoms with Crippen molar-refractivity contribution in [3.8, 4) is 0 Å². The largest absolute Gasteiger partial charge is 0.391 e. The smallest absolute Gasteiger partial charge is 0.230 e. The first-order valence-electron chi connectivity index (χ1n) is 8.47. The number of aryl methyl sites for hydroxylation is 1. The van der Waals surface area contributed by atoms with Crippen LogP contribution in [0, 0.1) is 18.8 Å². The van der Waals surface area contributed by atoms with Gasteiger partial charge in [-0.05, 0) is 37.7 Å². The molecule has 4 atom stereocenters. The molecule has 1 saturated heterocycles. The molecule has 0 unspecified atom stereocenters. The number of nitrogens with zero attached hydrogens (tertiary/aromatic N) is 4. The quantitative estimate of drug-likeness (QED) is 0.914. The fourth-order valence-corrected chi connectivity index (χ4v) is 4.13. The Hall–Kier alpha value is -2.15. The number of amides is 1. The van der Waals surface area contributed by atoms with E-state index < -0.39 is 6.10 Å². The van der Waals surface area contributed by atoms with Crippen LogP contribution in [0.3, 0.4) is 0 Å². The highest BCUT2D eigenvalue weighted by Crippen LogP contribution is 2.41. The number of fused-ring (bicyclic) bond motifs is 1. The van der Waals surface area contributed by atoms with Gasteiger partial charge < -0.3 is 14.5 Å². The molecule has 7 heteroatoms. The summed E-state index contributed by atoms with van der Waals surface area (Å²) in [4.78, 5) is 14.4. The molecule has 2 fully saturated rings. The summed E-state index contributed by atoms with van der Waals surface area (Å²) in [5.74, 6) is 1.47. The van der Waals surface area contributed by atoms with Crippen LogP contribution in [0.5, 0.6) is 0 Å². The van der Waals surface area contributed by atoms with Crippen LogP contribution in [0.2, 0.25) is 0 Å². The minimum Gasteiger partial charge on any atom is -0.391 e. The molecule has 2 aromatic heterocycles. The Morgan fingerprint density at radius 1 is 1.38 bits per heavy atom. The van der Waals surface area contributed by atoms with E-state index in [2.05, 4.69) is 10.3 Å². The molecule has 24 heavy (non-hydrogen) atoms. The number of carbonyl (C=O) groups is 1. The van der Waals surface area contributed by atoms with E-state index in [1.807, 2.05) is 28.8 Å². The fraction of sp³-hybridized carbons (Fsp3) is 0.588. The molecule has 0 aromatic carbocycles. The molecule has 2 aromatic rings. The molecule has 0 spiro atoms. The third-order valence-electron chi connectivity index (χ3n) is 5.33. The number of carbonyl (C=O) groups excluding carboxylic acids is 1. The molecule has 1 aliphatic carbocycles. The first kappa shape index (κ1) is 15.4. The second kappa shape index (κ2) is 6.05. The van der Waals surface area contributed by atoms with E-state index in [1.54, 1.807) is 12.3 Å². The Balaban J connectivity index is 1.41. The summed E-state index contributed by atoms with van der Waals surface area (Å²) in [5, 5.41) is 18.6. The number of likely N-dealkylation sites (tertiary alicyclic amines) is 1. The molecular weight excluding hydrogens is 308 g/mol. The number of aliphatic hydroxyl groups excluding tert-OH is 1. The third kappa shape index (κ3) is 2.84. The van der Waals surface area contributed by atoms with E-state index in [1.165, 1.54) is 0 Å². The first-order chi connectivity index (χ1) is 11.6. The second-order valence-electron chi connectivity index (χ2n) is 7.02. The van der Waals surface area contributed by atoms with Gasteiger partial charge in [-0.2, -0.15) is 5.10 Å². The molecule has 1 saturated carbocycles. The first-order valence-corrected chi connectivity index (χ1v) is 8.47. The molecule has 1 N–H and O–H groups in total. The van der Waals surface area contributed by atoms with Crippen molar-refractivity contribution in [2.24, 2.45) is 11.8 Å². The van der Waals surface area contributed by atoms with Crippen LogP contribution in [-0.2, 0) is 11.2 Å². The van der Waals surface area contributed by atoms with Crippen molar-refractivity contribution in [3.05, 3.63) is 36.0 Å². The van der Waals surface area contributed by atoms with Gasteiger partial charge in [0, 0.05) is 31.5 Å². The summed E-state index contributed by atoms with van der Waals surface area (Å²) in [5.41, 5.74) is 0.790. The van der Waals surface area contributed by atoms with Gasteiger partial charge in [-0.15, -0.1) is 0 Å². The molecule has 0 radical (unpaired) electrons. The molecule has 1 aliphatic heterocycles. The lowest BCUT2D eigenvalue weighted by Gasteiger charge is -2.35. The number of hydrogen-bond donors (Lipinski definition) is 1. The van der Waals surface area contributed by atoms with Gasteiger partial charge in [0.15, 0.2) is 0 Å². The highest BCUT2D eigenvalue weighted by molar-refractivity contribution is 5.78. The second-order valence-corrected chi connectivity index (χ2v) is 7.02. The van der Waals surface area contributed by atoms with Crippen LogP contribution < -0.4 is 0 Å². The van der Waals surface area contributed by atoms with E-state index in [9.17, 15) is 9.90 Å². The average molecular weight is 330 g/mol. The van der Waals surface area contributed by atoms with Gasteiger partial charge in [0.25, 0.3) is 0 Å². The highest BCUT2D eigenvalue weighted by Gasteiger charge is 2.43. The van der Waals surface area contributed by atoms with Crippen LogP contribution in [0.25, 0.3) is 0 Å². The maximum absolute atomic E-state index is 12.5. The minimum atomic E-state index is -0.405. The number of rotatable bonds is 3. The Bertz CT molecular complexity index is 711. The zero-order valence-electron chi connectivity index (χ0n) is 13.7. The maximum atomic E-state index is 12.5. The summed E-state index contributed by atoms with van der Waals surface area (Å²) in [6.45, 7) is 3.32. The number of aromatic nitrogens is 3. The number of aliphatic hydroxyl groups is 1. The van der Waals surface area contributed by atoms with Crippen LogP contribution in [0.4, 0.5) is 0 Å². The fourth-order valence-electron chi connectivity index (χ4n) is 4.13. The molecule has 4 rings (SSSR count). The van der Waals surface area contributed by atoms with E-state index in [-0.39, 0.29) is 18.4 Å². The van der Waals surface area contributed by atoms with Crippen molar-refractivity contribution >= 4 is 5.91 Å². The lowest BCUT2D eigenvalue weighted by molar-refractivity contribution is -0.130. The van der Waals surface area contributed by atoms with E-state index in [0.29, 0.717) is 17.6 Å². The molecule has 128 valence electrons. The van der Waals surface area contributed by atoms with Crippen molar-refractivity contribution in [2.75, 3.05) is 13.1 Å². The maximum Gasteiger partial charge on any atom is 0.230 e. The van der Waals surface area contributed by atoms with Crippen molar-refractivity contribution in [2.45, 2.75) is 38.3 Å². The van der Waals surface area contributed by atoms with E-state index in [4.69, 9.17) is 4.52 Å². The highest BCUT2D eigenvalue weighted by atomic mass is 16.5. The standard InChI is InChI=1S/C17H22N4O3/c1-11-5-14(24-19-11)8-17(23)20-9-12-6-15(21-4-2-3-18-21)16(22)7-13(12)10-20/h2-5,12-13,15-16,22H,6-10H2,1H3/t12-,13+,15-,16-/m1/s1. The molecule has 2 aliphatic rings. The van der Waals surface area contributed by atoms with Gasteiger partial charge in [-0.25, -0.2) is 0 Å². The van der Waals surface area contributed by atoms with Crippen molar-refractivity contribution in [1.29, 1.82) is 0 Å². The Kier molecular flexibility index (Phi) is 3.88. The van der Waals surface area contributed by atoms with Gasteiger partial charge in [0.2, 0.25) is 5.91 Å². The van der Waals surface area contributed by atoms with E-state index in [0.717, 1.165) is 31.6 Å². The van der Waals surface area contributed by atoms with E-state index >= 15 is 0 Å². The van der Waals surface area contributed by atoms with Crippen molar-refractivity contribution in [1.82, 2.24) is 19.8 Å². The SMILES string of the molecule is Cc1cc(CC(=O)N2C[C@H]3C[C@@H](n4cccn4)[C@H](O)C[C@H]3C2)on1. The normalized spacial score (nSPS) is 29.7. The zero-order valence-corrected chi connectivity index (χ0v) is 13.7. The molecule has 0 bridgehead atoms. The summed E-state index contributed by atoms with van der Waals surface area (Å²) < 4.78 is 7.00. The lowest BCUT2D eigenvalue weighted by atomic mass is 9.77. The zero-order chi connectivity index (χ0) is 16.7. The van der Waals surface area contributed by atoms with Crippen LogP contribution in [0.1, 0.15) is 30.3 Å². The lowest BCUT2D eigenvalue weighted by Crippen LogP contribution is -2.36.